The van der Waals surface area contributed by atoms with Gasteiger partial charge in [0.05, 0.1) is 23.2 Å². The molecule has 1 aromatic heterocycles. The molecule has 2 aromatic rings. The number of rotatable bonds is 4. The second-order valence-corrected chi connectivity index (χ2v) is 5.68. The SMILES string of the molecule is COC(=O)CC(=O)c1sc(-c2ccc(C(F)(F)F)cc2)nc1C. The molecular formula is C15H12F3NO3S. The Morgan fingerprint density at radius 3 is 2.35 bits per heavy atom. The van der Waals surface area contributed by atoms with Gasteiger partial charge in [0.25, 0.3) is 0 Å². The number of thiazole rings is 1. The zero-order valence-corrected chi connectivity index (χ0v) is 13.0. The highest BCUT2D eigenvalue weighted by Gasteiger charge is 2.30. The van der Waals surface area contributed by atoms with Gasteiger partial charge < -0.3 is 4.74 Å². The second kappa shape index (κ2) is 6.49. The Hall–Kier alpha value is -2.22. The summed E-state index contributed by atoms with van der Waals surface area (Å²) in [6, 6.07) is 4.52. The van der Waals surface area contributed by atoms with Crippen LogP contribution in [0.15, 0.2) is 24.3 Å². The molecule has 1 aromatic carbocycles. The lowest BCUT2D eigenvalue weighted by molar-refractivity contribution is -0.139. The molecule has 0 unspecified atom stereocenters. The first-order chi connectivity index (χ1) is 10.7. The van der Waals surface area contributed by atoms with Gasteiger partial charge in [-0.05, 0) is 19.1 Å². The van der Waals surface area contributed by atoms with Crippen LogP contribution in [0.1, 0.15) is 27.3 Å². The van der Waals surface area contributed by atoms with Gasteiger partial charge in [-0.2, -0.15) is 13.2 Å². The predicted molar refractivity (Wildman–Crippen MR) is 78.3 cm³/mol. The summed E-state index contributed by atoms with van der Waals surface area (Å²) in [5.41, 5.74) is 0.151. The molecular weight excluding hydrogens is 331 g/mol. The van der Waals surface area contributed by atoms with E-state index in [-0.39, 0.29) is 0 Å². The van der Waals surface area contributed by atoms with Gasteiger partial charge >= 0.3 is 12.1 Å². The number of hydrogen-bond donors (Lipinski definition) is 0. The number of alkyl halides is 3. The number of esters is 1. The van der Waals surface area contributed by atoms with Crippen molar-refractivity contribution in [1.29, 1.82) is 0 Å². The van der Waals surface area contributed by atoms with Crippen molar-refractivity contribution in [2.75, 3.05) is 7.11 Å². The van der Waals surface area contributed by atoms with E-state index in [0.29, 0.717) is 21.1 Å². The fraction of sp³-hybridized carbons (Fsp3) is 0.267. The smallest absolute Gasteiger partial charge is 0.416 e. The summed E-state index contributed by atoms with van der Waals surface area (Å²) in [7, 11) is 1.18. The normalized spacial score (nSPS) is 11.3. The maximum atomic E-state index is 12.5. The molecule has 122 valence electrons. The van der Waals surface area contributed by atoms with Crippen molar-refractivity contribution in [1.82, 2.24) is 4.98 Å². The average Bonchev–Trinajstić information content (AvgIpc) is 2.88. The number of nitrogens with zero attached hydrogens (tertiary/aromatic N) is 1. The number of halogens is 3. The van der Waals surface area contributed by atoms with Crippen LogP contribution < -0.4 is 0 Å². The van der Waals surface area contributed by atoms with Gasteiger partial charge in [-0.3, -0.25) is 9.59 Å². The number of ketones is 1. The molecule has 0 saturated carbocycles. The molecule has 23 heavy (non-hydrogen) atoms. The van der Waals surface area contributed by atoms with E-state index in [4.69, 9.17) is 0 Å². The van der Waals surface area contributed by atoms with E-state index in [0.717, 1.165) is 23.5 Å². The van der Waals surface area contributed by atoms with Crippen LogP contribution in [0.5, 0.6) is 0 Å². The first-order valence-electron chi connectivity index (χ1n) is 6.47. The quantitative estimate of drug-likeness (QED) is 0.480. The van der Waals surface area contributed by atoms with Gasteiger partial charge in [-0.25, -0.2) is 4.98 Å². The van der Waals surface area contributed by atoms with E-state index >= 15 is 0 Å². The first kappa shape index (κ1) is 17.1. The van der Waals surface area contributed by atoms with Crippen molar-refractivity contribution in [3.63, 3.8) is 0 Å². The molecule has 0 radical (unpaired) electrons. The second-order valence-electron chi connectivity index (χ2n) is 4.68. The van der Waals surface area contributed by atoms with E-state index < -0.39 is 29.9 Å². The summed E-state index contributed by atoms with van der Waals surface area (Å²) < 4.78 is 42.1. The number of aryl methyl sites for hydroxylation is 1. The number of carbonyl (C=O) groups is 2. The minimum atomic E-state index is -4.40. The van der Waals surface area contributed by atoms with Gasteiger partial charge in [0.2, 0.25) is 0 Å². The van der Waals surface area contributed by atoms with E-state index in [1.807, 2.05) is 0 Å². The zero-order chi connectivity index (χ0) is 17.2. The molecule has 0 atom stereocenters. The summed E-state index contributed by atoms with van der Waals surface area (Å²) in [5, 5.41) is 0.421. The molecule has 2 rings (SSSR count). The molecule has 8 heteroatoms. The van der Waals surface area contributed by atoms with Gasteiger partial charge in [0.15, 0.2) is 5.78 Å². The molecule has 1 heterocycles. The van der Waals surface area contributed by atoms with Crippen LogP contribution in [0.3, 0.4) is 0 Å². The van der Waals surface area contributed by atoms with Crippen molar-refractivity contribution >= 4 is 23.1 Å². The molecule has 0 aliphatic carbocycles. The molecule has 0 spiro atoms. The van der Waals surface area contributed by atoms with Crippen LogP contribution in [0, 0.1) is 6.92 Å². The number of hydrogen-bond acceptors (Lipinski definition) is 5. The number of Topliss-reactive ketones (excluding diaryl/α,β-unsaturated/α-hetero) is 1. The third kappa shape index (κ3) is 3.95. The number of carbonyl (C=O) groups excluding carboxylic acids is 2. The van der Waals surface area contributed by atoms with E-state index in [9.17, 15) is 22.8 Å². The Labute approximate surface area is 133 Å². The zero-order valence-electron chi connectivity index (χ0n) is 12.2. The molecule has 0 saturated heterocycles. The van der Waals surface area contributed by atoms with Crippen molar-refractivity contribution in [2.45, 2.75) is 19.5 Å². The van der Waals surface area contributed by atoms with Crippen LogP contribution in [0.25, 0.3) is 10.6 Å². The summed E-state index contributed by atoms with van der Waals surface area (Å²) in [4.78, 5) is 27.6. The molecule has 0 bridgehead atoms. The fourth-order valence-electron chi connectivity index (χ4n) is 1.86. The molecule has 0 aliphatic heterocycles. The number of ether oxygens (including phenoxy) is 1. The lowest BCUT2D eigenvalue weighted by Crippen LogP contribution is -2.09. The van der Waals surface area contributed by atoms with Crippen LogP contribution in [0.4, 0.5) is 13.2 Å². The van der Waals surface area contributed by atoms with Gasteiger partial charge in [0.1, 0.15) is 11.4 Å². The Bertz CT molecular complexity index is 735. The summed E-state index contributed by atoms with van der Waals surface area (Å²) in [6.07, 6.45) is -4.80. The van der Waals surface area contributed by atoms with E-state index in [1.165, 1.54) is 19.2 Å². The van der Waals surface area contributed by atoms with Crippen LogP contribution in [0.2, 0.25) is 0 Å². The largest absolute Gasteiger partial charge is 0.469 e. The van der Waals surface area contributed by atoms with Crippen LogP contribution >= 0.6 is 11.3 Å². The summed E-state index contributed by atoms with van der Waals surface area (Å²) >= 11 is 1.04. The highest BCUT2D eigenvalue weighted by molar-refractivity contribution is 7.17. The van der Waals surface area contributed by atoms with Crippen LogP contribution in [-0.4, -0.2) is 23.8 Å². The Kier molecular flexibility index (Phi) is 4.84. The molecule has 0 N–H and O–H groups in total. The number of methoxy groups -OCH3 is 1. The number of aromatic nitrogens is 1. The van der Waals surface area contributed by atoms with Gasteiger partial charge in [-0.1, -0.05) is 12.1 Å². The predicted octanol–water partition coefficient (Wildman–Crippen LogP) is 3.88. The average molecular weight is 343 g/mol. The minimum absolute atomic E-state index is 0.297. The molecule has 4 nitrogen and oxygen atoms in total. The maximum Gasteiger partial charge on any atom is 0.416 e. The third-order valence-corrected chi connectivity index (χ3v) is 4.29. The van der Waals surface area contributed by atoms with E-state index in [1.54, 1.807) is 6.92 Å². The van der Waals surface area contributed by atoms with Crippen molar-refractivity contribution in [3.8, 4) is 10.6 Å². The standard InChI is InChI=1S/C15H12F3NO3S/c1-8-13(11(20)7-12(21)22-2)23-14(19-8)9-3-5-10(6-4-9)15(16,17)18/h3-6H,7H2,1-2H3. The number of benzene rings is 1. The lowest BCUT2D eigenvalue weighted by atomic mass is 10.1. The van der Waals surface area contributed by atoms with Gasteiger partial charge in [0, 0.05) is 5.56 Å². The Morgan fingerprint density at radius 1 is 1.22 bits per heavy atom. The highest BCUT2D eigenvalue weighted by Crippen LogP contribution is 2.33. The van der Waals surface area contributed by atoms with Gasteiger partial charge in [-0.15, -0.1) is 11.3 Å². The van der Waals surface area contributed by atoms with Crippen molar-refractivity contribution in [2.24, 2.45) is 0 Å². The topological polar surface area (TPSA) is 56.3 Å². The molecule has 0 aliphatic rings. The Balaban J connectivity index is 2.27. The monoisotopic (exact) mass is 343 g/mol. The highest BCUT2D eigenvalue weighted by atomic mass is 32.1. The van der Waals surface area contributed by atoms with E-state index in [2.05, 4.69) is 9.72 Å². The third-order valence-electron chi connectivity index (χ3n) is 3.04. The lowest BCUT2D eigenvalue weighted by Gasteiger charge is -2.06. The summed E-state index contributed by atoms with van der Waals surface area (Å²) in [6.45, 7) is 1.61. The van der Waals surface area contributed by atoms with Crippen molar-refractivity contribution < 1.29 is 27.5 Å². The first-order valence-corrected chi connectivity index (χ1v) is 7.29. The molecule has 0 fully saturated rings. The van der Waals surface area contributed by atoms with Crippen molar-refractivity contribution in [3.05, 3.63) is 40.4 Å². The fourth-order valence-corrected chi connectivity index (χ4v) is 2.87. The van der Waals surface area contributed by atoms with Crippen LogP contribution in [-0.2, 0) is 15.7 Å². The molecule has 0 amide bonds. The minimum Gasteiger partial charge on any atom is -0.469 e. The Morgan fingerprint density at radius 2 is 1.83 bits per heavy atom. The maximum absolute atomic E-state index is 12.5. The summed E-state index contributed by atoms with van der Waals surface area (Å²) in [5.74, 6) is -1.08.